The number of rotatable bonds is 2. The highest BCUT2D eigenvalue weighted by molar-refractivity contribution is 5.93. The molecule has 0 spiro atoms. The Kier molecular flexibility index (Phi) is 3.22. The quantitative estimate of drug-likeness (QED) is 0.773. The van der Waals surface area contributed by atoms with Gasteiger partial charge in [0.05, 0.1) is 0 Å². The second-order valence-corrected chi connectivity index (χ2v) is 6.46. The average molecular weight is 253 g/mol. The van der Waals surface area contributed by atoms with E-state index in [1.165, 1.54) is 42.1 Å². The monoisotopic (exact) mass is 253 g/mol. The lowest BCUT2D eigenvalue weighted by atomic mass is 9.73. The van der Waals surface area contributed by atoms with Gasteiger partial charge in [-0.15, -0.1) is 0 Å². The normalized spacial score (nSPS) is 22.3. The van der Waals surface area contributed by atoms with Crippen molar-refractivity contribution in [2.75, 3.05) is 5.32 Å². The smallest absolute Gasteiger partial charge is 0.0422 e. The highest BCUT2D eigenvalue weighted by Crippen LogP contribution is 2.38. The van der Waals surface area contributed by atoms with Crippen LogP contribution in [0.1, 0.15) is 39.5 Å². The van der Waals surface area contributed by atoms with Crippen LogP contribution >= 0.6 is 0 Å². The molecule has 2 aromatic carbocycles. The molecule has 1 unspecified atom stereocenters. The van der Waals surface area contributed by atoms with Crippen molar-refractivity contribution in [2.45, 2.75) is 45.6 Å². The van der Waals surface area contributed by atoms with Gasteiger partial charge in [0.15, 0.2) is 0 Å². The molecule has 1 aliphatic rings. The Hall–Kier alpha value is -1.50. The van der Waals surface area contributed by atoms with E-state index in [-0.39, 0.29) is 0 Å². The average Bonchev–Trinajstić information content (AvgIpc) is 2.41. The van der Waals surface area contributed by atoms with Crippen LogP contribution < -0.4 is 5.32 Å². The molecule has 0 heterocycles. The molecule has 1 heteroatoms. The van der Waals surface area contributed by atoms with Crippen LogP contribution in [0.4, 0.5) is 5.69 Å². The van der Waals surface area contributed by atoms with Crippen LogP contribution in [0.15, 0.2) is 42.5 Å². The Morgan fingerprint density at radius 1 is 1.00 bits per heavy atom. The van der Waals surface area contributed by atoms with Crippen molar-refractivity contribution in [3.63, 3.8) is 0 Å². The second-order valence-electron chi connectivity index (χ2n) is 6.46. The standard InChI is InChI=1S/C18H23N/c1-18(2)13-6-5-12-17(18)19-16-11-7-9-14-8-3-4-10-15(14)16/h3-4,7-11,17,19H,5-6,12-13H2,1-2H3. The van der Waals surface area contributed by atoms with E-state index in [4.69, 9.17) is 0 Å². The van der Waals surface area contributed by atoms with Gasteiger partial charge in [-0.1, -0.05) is 63.1 Å². The Morgan fingerprint density at radius 2 is 1.79 bits per heavy atom. The Balaban J connectivity index is 1.93. The first-order valence-electron chi connectivity index (χ1n) is 7.41. The van der Waals surface area contributed by atoms with Crippen LogP contribution in [0.2, 0.25) is 0 Å². The lowest BCUT2D eigenvalue weighted by Crippen LogP contribution is -2.38. The van der Waals surface area contributed by atoms with E-state index in [2.05, 4.69) is 61.6 Å². The number of nitrogens with one attached hydrogen (secondary N) is 1. The molecular weight excluding hydrogens is 230 g/mol. The van der Waals surface area contributed by atoms with E-state index < -0.39 is 0 Å². The zero-order chi connectivity index (χ0) is 13.3. The first-order chi connectivity index (χ1) is 9.17. The van der Waals surface area contributed by atoms with Gasteiger partial charge < -0.3 is 5.32 Å². The number of anilines is 1. The van der Waals surface area contributed by atoms with Crippen LogP contribution in [-0.4, -0.2) is 6.04 Å². The summed E-state index contributed by atoms with van der Waals surface area (Å²) in [5, 5.41) is 6.47. The maximum absolute atomic E-state index is 3.81. The summed E-state index contributed by atoms with van der Waals surface area (Å²) in [6.07, 6.45) is 5.35. The Bertz CT molecular complexity index is 565. The van der Waals surface area contributed by atoms with Gasteiger partial charge in [0.2, 0.25) is 0 Å². The van der Waals surface area contributed by atoms with Crippen molar-refractivity contribution in [1.82, 2.24) is 0 Å². The maximum atomic E-state index is 3.81. The fourth-order valence-corrected chi connectivity index (χ4v) is 3.30. The molecule has 0 aromatic heterocycles. The van der Waals surface area contributed by atoms with Gasteiger partial charge >= 0.3 is 0 Å². The van der Waals surface area contributed by atoms with Crippen LogP contribution in [0.3, 0.4) is 0 Å². The van der Waals surface area contributed by atoms with Crippen molar-refractivity contribution in [3.05, 3.63) is 42.5 Å². The molecule has 1 atom stereocenters. The van der Waals surface area contributed by atoms with Crippen LogP contribution in [0, 0.1) is 5.41 Å². The van der Waals surface area contributed by atoms with Crippen molar-refractivity contribution in [1.29, 1.82) is 0 Å². The van der Waals surface area contributed by atoms with E-state index in [9.17, 15) is 0 Å². The lowest BCUT2D eigenvalue weighted by molar-refractivity contribution is 0.217. The number of hydrogen-bond donors (Lipinski definition) is 1. The molecule has 1 saturated carbocycles. The summed E-state index contributed by atoms with van der Waals surface area (Å²) in [4.78, 5) is 0. The first kappa shape index (κ1) is 12.5. The Labute approximate surface area is 116 Å². The summed E-state index contributed by atoms with van der Waals surface area (Å²) in [6, 6.07) is 15.8. The number of benzene rings is 2. The van der Waals surface area contributed by atoms with Gasteiger partial charge in [-0.2, -0.15) is 0 Å². The van der Waals surface area contributed by atoms with Crippen molar-refractivity contribution < 1.29 is 0 Å². The van der Waals surface area contributed by atoms with Crippen LogP contribution in [0.5, 0.6) is 0 Å². The first-order valence-corrected chi connectivity index (χ1v) is 7.41. The lowest BCUT2D eigenvalue weighted by Gasteiger charge is -2.39. The van der Waals surface area contributed by atoms with E-state index in [1.54, 1.807) is 0 Å². The minimum atomic E-state index is 0.398. The minimum absolute atomic E-state index is 0.398. The van der Waals surface area contributed by atoms with Gasteiger partial charge in [-0.25, -0.2) is 0 Å². The zero-order valence-corrected chi connectivity index (χ0v) is 11.9. The van der Waals surface area contributed by atoms with Gasteiger partial charge in [0, 0.05) is 17.1 Å². The van der Waals surface area contributed by atoms with E-state index in [1.807, 2.05) is 0 Å². The molecule has 0 saturated heterocycles. The molecule has 0 amide bonds. The molecule has 1 fully saturated rings. The largest absolute Gasteiger partial charge is 0.381 e. The van der Waals surface area contributed by atoms with Gasteiger partial charge in [-0.05, 0) is 29.7 Å². The summed E-state index contributed by atoms with van der Waals surface area (Å²) in [5.41, 5.74) is 1.69. The zero-order valence-electron chi connectivity index (χ0n) is 11.9. The van der Waals surface area contributed by atoms with Crippen molar-refractivity contribution in [3.8, 4) is 0 Å². The molecule has 1 aliphatic carbocycles. The molecule has 0 aliphatic heterocycles. The number of fused-ring (bicyclic) bond motifs is 1. The fourth-order valence-electron chi connectivity index (χ4n) is 3.30. The molecule has 0 radical (unpaired) electrons. The predicted molar refractivity (Wildman–Crippen MR) is 83.6 cm³/mol. The molecule has 0 bridgehead atoms. The summed E-state index contributed by atoms with van der Waals surface area (Å²) in [6.45, 7) is 4.80. The molecule has 3 rings (SSSR count). The second kappa shape index (κ2) is 4.88. The van der Waals surface area contributed by atoms with E-state index in [0.717, 1.165) is 0 Å². The van der Waals surface area contributed by atoms with Gasteiger partial charge in [0.1, 0.15) is 0 Å². The third-order valence-corrected chi connectivity index (χ3v) is 4.63. The highest BCUT2D eigenvalue weighted by atomic mass is 14.9. The van der Waals surface area contributed by atoms with Crippen molar-refractivity contribution in [2.24, 2.45) is 5.41 Å². The van der Waals surface area contributed by atoms with Gasteiger partial charge in [-0.3, -0.25) is 0 Å². The highest BCUT2D eigenvalue weighted by Gasteiger charge is 2.32. The summed E-state index contributed by atoms with van der Waals surface area (Å²) < 4.78 is 0. The molecule has 100 valence electrons. The Morgan fingerprint density at radius 3 is 2.63 bits per heavy atom. The van der Waals surface area contributed by atoms with Crippen LogP contribution in [0.25, 0.3) is 10.8 Å². The summed E-state index contributed by atoms with van der Waals surface area (Å²) in [5.74, 6) is 0. The third-order valence-electron chi connectivity index (χ3n) is 4.63. The van der Waals surface area contributed by atoms with E-state index in [0.29, 0.717) is 11.5 Å². The summed E-state index contributed by atoms with van der Waals surface area (Å²) in [7, 11) is 0. The minimum Gasteiger partial charge on any atom is -0.381 e. The maximum Gasteiger partial charge on any atom is 0.0422 e. The molecule has 1 N–H and O–H groups in total. The molecule has 19 heavy (non-hydrogen) atoms. The van der Waals surface area contributed by atoms with Gasteiger partial charge in [0.25, 0.3) is 0 Å². The molecular formula is C18H23N. The summed E-state index contributed by atoms with van der Waals surface area (Å²) >= 11 is 0. The third kappa shape index (κ3) is 2.47. The fraction of sp³-hybridized carbons (Fsp3) is 0.444. The molecule has 2 aromatic rings. The van der Waals surface area contributed by atoms with Crippen molar-refractivity contribution >= 4 is 16.5 Å². The predicted octanol–water partition coefficient (Wildman–Crippen LogP) is 5.22. The van der Waals surface area contributed by atoms with Crippen LogP contribution in [-0.2, 0) is 0 Å². The van der Waals surface area contributed by atoms with E-state index >= 15 is 0 Å². The number of hydrogen-bond acceptors (Lipinski definition) is 1. The SMILES string of the molecule is CC1(C)CCCCC1Nc1cccc2ccccc12. The topological polar surface area (TPSA) is 12.0 Å². The molecule has 1 nitrogen and oxygen atoms in total.